The molecule has 4 heteroatoms. The Balaban J connectivity index is 4.04. The maximum atomic E-state index is 11.4. The summed E-state index contributed by atoms with van der Waals surface area (Å²) in [6.07, 6.45) is 1.48. The second kappa shape index (κ2) is 8.25. The third-order valence-electron chi connectivity index (χ3n) is 3.22. The lowest BCUT2D eigenvalue weighted by molar-refractivity contribution is -0.125. The molecule has 0 saturated heterocycles. The highest BCUT2D eigenvalue weighted by Crippen LogP contribution is 2.15. The number of ketones is 1. The van der Waals surface area contributed by atoms with Crippen molar-refractivity contribution in [3.05, 3.63) is 0 Å². The largest absolute Gasteiger partial charge is 0.376 e. The Hall–Kier alpha value is -0.900. The third kappa shape index (κ3) is 6.74. The first-order valence-corrected chi connectivity index (χ1v) is 6.65. The van der Waals surface area contributed by atoms with Crippen molar-refractivity contribution in [2.45, 2.75) is 59.7 Å². The topological polar surface area (TPSA) is 55.4 Å². The highest BCUT2D eigenvalue weighted by atomic mass is 16.5. The molecule has 4 nitrogen and oxygen atoms in total. The molecule has 1 amide bonds. The molecule has 0 aromatic carbocycles. The Morgan fingerprint density at radius 1 is 1.00 bits per heavy atom. The number of hydrogen-bond acceptors (Lipinski definition) is 3. The average Bonchev–Trinajstić information content (AvgIpc) is 2.26. The number of ether oxygens (including phenoxy) is 1. The first kappa shape index (κ1) is 17.1. The first-order valence-electron chi connectivity index (χ1n) is 6.65. The molecule has 1 N–H and O–H groups in total. The van der Waals surface area contributed by atoms with E-state index in [4.69, 9.17) is 4.74 Å². The van der Waals surface area contributed by atoms with Crippen LogP contribution in [0.15, 0.2) is 0 Å². The summed E-state index contributed by atoms with van der Waals surface area (Å²) in [6, 6.07) is 0. The summed E-state index contributed by atoms with van der Waals surface area (Å²) >= 11 is 0. The van der Waals surface area contributed by atoms with Crippen LogP contribution in [0.3, 0.4) is 0 Å². The molecule has 0 aromatic heterocycles. The number of carbonyl (C=O) groups excluding carboxylic acids is 2. The van der Waals surface area contributed by atoms with E-state index in [2.05, 4.69) is 5.32 Å². The summed E-state index contributed by atoms with van der Waals surface area (Å²) in [5, 5.41) is 2.63. The van der Waals surface area contributed by atoms with E-state index in [0.29, 0.717) is 6.42 Å². The van der Waals surface area contributed by atoms with Crippen LogP contribution in [0.5, 0.6) is 0 Å². The zero-order valence-corrected chi connectivity index (χ0v) is 12.4. The summed E-state index contributed by atoms with van der Waals surface area (Å²) in [5.41, 5.74) is 0. The van der Waals surface area contributed by atoms with Crippen LogP contribution in [0.25, 0.3) is 0 Å². The molecule has 0 spiro atoms. The van der Waals surface area contributed by atoms with Gasteiger partial charge in [-0.25, -0.2) is 0 Å². The molecule has 0 aliphatic rings. The smallest absolute Gasteiger partial charge is 0.222 e. The molecule has 0 aliphatic carbocycles. The molecule has 0 bridgehead atoms. The molecule has 4 atom stereocenters. The zero-order chi connectivity index (χ0) is 14.3. The number of amides is 1. The van der Waals surface area contributed by atoms with E-state index in [0.717, 1.165) is 6.42 Å². The molecule has 4 unspecified atom stereocenters. The minimum atomic E-state index is -0.0533. The third-order valence-corrected chi connectivity index (χ3v) is 3.22. The number of hydrogen-bond donors (Lipinski definition) is 1. The fourth-order valence-electron chi connectivity index (χ4n) is 2.02. The Morgan fingerprint density at radius 2 is 1.44 bits per heavy atom. The molecule has 18 heavy (non-hydrogen) atoms. The lowest BCUT2D eigenvalue weighted by atomic mass is 10.00. The van der Waals surface area contributed by atoms with E-state index in [1.807, 2.05) is 27.7 Å². The second-order valence-corrected chi connectivity index (χ2v) is 5.26. The number of carbonyl (C=O) groups is 2. The van der Waals surface area contributed by atoms with Crippen molar-refractivity contribution in [1.82, 2.24) is 5.32 Å². The molecule has 0 aromatic rings. The van der Waals surface area contributed by atoms with E-state index >= 15 is 0 Å². The van der Waals surface area contributed by atoms with Crippen LogP contribution in [-0.4, -0.2) is 30.9 Å². The average molecular weight is 257 g/mol. The van der Waals surface area contributed by atoms with Gasteiger partial charge in [-0.1, -0.05) is 13.8 Å². The molecule has 0 aliphatic heterocycles. The Bertz CT molecular complexity index is 278. The van der Waals surface area contributed by atoms with Gasteiger partial charge in [-0.15, -0.1) is 0 Å². The van der Waals surface area contributed by atoms with Crippen LogP contribution >= 0.6 is 0 Å². The first-order chi connectivity index (χ1) is 8.27. The molecule has 0 fully saturated rings. The molecule has 0 radical (unpaired) electrons. The van der Waals surface area contributed by atoms with Crippen LogP contribution in [0.1, 0.15) is 47.5 Å². The van der Waals surface area contributed by atoms with Crippen molar-refractivity contribution in [3.63, 3.8) is 0 Å². The van der Waals surface area contributed by atoms with Gasteiger partial charge < -0.3 is 10.1 Å². The predicted octanol–water partition coefficient (Wildman–Crippen LogP) is 2.17. The number of nitrogens with one attached hydrogen (secondary N) is 1. The maximum Gasteiger partial charge on any atom is 0.222 e. The van der Waals surface area contributed by atoms with Gasteiger partial charge in [0.25, 0.3) is 0 Å². The summed E-state index contributed by atoms with van der Waals surface area (Å²) in [7, 11) is 1.64. The van der Waals surface area contributed by atoms with Crippen LogP contribution in [0.2, 0.25) is 0 Å². The Kier molecular flexibility index (Phi) is 7.83. The van der Waals surface area contributed by atoms with Crippen LogP contribution in [0, 0.1) is 11.8 Å². The number of rotatable bonds is 8. The van der Waals surface area contributed by atoms with Gasteiger partial charge in [0.05, 0.1) is 12.2 Å². The standard InChI is InChI=1S/C14H27NO3/c1-9(13(5)16)7-11(3)18-12(4)8-10(2)14(17)15-6/h9-12H,7-8H2,1-6H3,(H,15,17). The summed E-state index contributed by atoms with van der Waals surface area (Å²) in [5.74, 6) is 0.207. The van der Waals surface area contributed by atoms with Gasteiger partial charge in [0.2, 0.25) is 5.91 Å². The highest BCUT2D eigenvalue weighted by molar-refractivity contribution is 5.78. The van der Waals surface area contributed by atoms with Crippen molar-refractivity contribution < 1.29 is 14.3 Å². The van der Waals surface area contributed by atoms with Gasteiger partial charge in [-0.05, 0) is 33.6 Å². The van der Waals surface area contributed by atoms with Gasteiger partial charge in [0.1, 0.15) is 5.78 Å². The van der Waals surface area contributed by atoms with E-state index in [9.17, 15) is 9.59 Å². The van der Waals surface area contributed by atoms with Crippen LogP contribution in [0.4, 0.5) is 0 Å². The van der Waals surface area contributed by atoms with Gasteiger partial charge in [0, 0.05) is 18.9 Å². The lowest BCUT2D eigenvalue weighted by Gasteiger charge is -2.23. The highest BCUT2D eigenvalue weighted by Gasteiger charge is 2.19. The molecular formula is C14H27NO3. The summed E-state index contributed by atoms with van der Waals surface area (Å²) in [4.78, 5) is 22.6. The molecule has 0 saturated carbocycles. The van der Waals surface area contributed by atoms with E-state index in [-0.39, 0.29) is 35.7 Å². The zero-order valence-electron chi connectivity index (χ0n) is 12.4. The fraction of sp³-hybridized carbons (Fsp3) is 0.857. The maximum absolute atomic E-state index is 11.4. The summed E-state index contributed by atoms with van der Waals surface area (Å²) in [6.45, 7) is 9.35. The van der Waals surface area contributed by atoms with Gasteiger partial charge in [-0.3, -0.25) is 9.59 Å². The predicted molar refractivity (Wildman–Crippen MR) is 72.3 cm³/mol. The van der Waals surface area contributed by atoms with Crippen molar-refractivity contribution in [2.24, 2.45) is 11.8 Å². The minimum absolute atomic E-state index is 0.0199. The van der Waals surface area contributed by atoms with Crippen molar-refractivity contribution in [2.75, 3.05) is 7.05 Å². The van der Waals surface area contributed by atoms with Crippen molar-refractivity contribution in [3.8, 4) is 0 Å². The van der Waals surface area contributed by atoms with Crippen LogP contribution < -0.4 is 5.32 Å². The fourth-order valence-corrected chi connectivity index (χ4v) is 2.02. The molecule has 0 rings (SSSR count). The van der Waals surface area contributed by atoms with Gasteiger partial charge >= 0.3 is 0 Å². The van der Waals surface area contributed by atoms with Gasteiger partial charge in [0.15, 0.2) is 0 Å². The molecule has 0 heterocycles. The Morgan fingerprint density at radius 3 is 1.83 bits per heavy atom. The monoisotopic (exact) mass is 257 g/mol. The van der Waals surface area contributed by atoms with Gasteiger partial charge in [-0.2, -0.15) is 0 Å². The number of Topliss-reactive ketones (excluding diaryl/α,β-unsaturated/α-hetero) is 1. The second-order valence-electron chi connectivity index (χ2n) is 5.26. The van der Waals surface area contributed by atoms with Crippen molar-refractivity contribution in [1.29, 1.82) is 0 Å². The van der Waals surface area contributed by atoms with E-state index < -0.39 is 0 Å². The van der Waals surface area contributed by atoms with Crippen LogP contribution in [-0.2, 0) is 14.3 Å². The van der Waals surface area contributed by atoms with E-state index in [1.54, 1.807) is 14.0 Å². The lowest BCUT2D eigenvalue weighted by Crippen LogP contribution is -2.30. The normalized spacial score (nSPS) is 17.7. The molecule has 106 valence electrons. The Labute approximate surface area is 110 Å². The summed E-state index contributed by atoms with van der Waals surface area (Å²) < 4.78 is 5.80. The quantitative estimate of drug-likeness (QED) is 0.725. The minimum Gasteiger partial charge on any atom is -0.376 e. The van der Waals surface area contributed by atoms with E-state index in [1.165, 1.54) is 0 Å². The SMILES string of the molecule is CNC(=O)C(C)CC(C)OC(C)CC(C)C(C)=O. The molecular weight excluding hydrogens is 230 g/mol. The van der Waals surface area contributed by atoms with Crippen molar-refractivity contribution >= 4 is 11.7 Å².